The van der Waals surface area contributed by atoms with Crippen LogP contribution in [0.4, 0.5) is 0 Å². The number of hydrogen-bond acceptors (Lipinski definition) is 5. The summed E-state index contributed by atoms with van der Waals surface area (Å²) in [4.78, 5) is 17.8. The van der Waals surface area contributed by atoms with Crippen LogP contribution in [-0.2, 0) is 16.4 Å². The highest BCUT2D eigenvalue weighted by atomic mass is 35.5. The van der Waals surface area contributed by atoms with E-state index in [1.54, 1.807) is 42.6 Å². The van der Waals surface area contributed by atoms with Gasteiger partial charge >= 0.3 is 0 Å². The van der Waals surface area contributed by atoms with Crippen LogP contribution < -0.4 is 0 Å². The zero-order chi connectivity index (χ0) is 22.2. The van der Waals surface area contributed by atoms with Crippen LogP contribution in [0.1, 0.15) is 45.6 Å². The molecule has 0 radical (unpaired) electrons. The third-order valence-electron chi connectivity index (χ3n) is 5.54. The quantitative estimate of drug-likeness (QED) is 0.468. The zero-order valence-corrected chi connectivity index (χ0v) is 20.5. The van der Waals surface area contributed by atoms with Gasteiger partial charge in [-0.2, -0.15) is 4.31 Å². The van der Waals surface area contributed by atoms with Gasteiger partial charge in [0.1, 0.15) is 4.90 Å². The minimum Gasteiger partial charge on any atom is -0.326 e. The molecule has 1 aromatic carbocycles. The molecule has 0 saturated carbocycles. The minimum atomic E-state index is -3.78. The molecule has 3 aromatic rings. The Morgan fingerprint density at radius 3 is 2.61 bits per heavy atom. The van der Waals surface area contributed by atoms with E-state index in [-0.39, 0.29) is 21.9 Å². The number of carbonyl (C=O) groups is 1. The largest absolute Gasteiger partial charge is 0.326 e. The van der Waals surface area contributed by atoms with Crippen LogP contribution in [0.3, 0.4) is 0 Å². The van der Waals surface area contributed by atoms with E-state index in [1.807, 2.05) is 22.4 Å². The monoisotopic (exact) mass is 494 g/mol. The summed E-state index contributed by atoms with van der Waals surface area (Å²) in [6.07, 6.45) is 0.790. The molecule has 0 bridgehead atoms. The molecule has 5 nitrogen and oxygen atoms in total. The molecule has 0 saturated heterocycles. The smallest absolute Gasteiger partial charge is 0.254 e. The highest BCUT2D eigenvalue weighted by Gasteiger charge is 2.35. The Morgan fingerprint density at radius 2 is 1.94 bits per heavy atom. The van der Waals surface area contributed by atoms with E-state index < -0.39 is 10.0 Å². The molecule has 0 unspecified atom stereocenters. The van der Waals surface area contributed by atoms with E-state index in [4.69, 9.17) is 11.6 Å². The van der Waals surface area contributed by atoms with Crippen LogP contribution in [-0.4, -0.2) is 43.2 Å². The van der Waals surface area contributed by atoms with Crippen LogP contribution in [0.15, 0.2) is 52.1 Å². The number of nitrogens with zero attached hydrogens (tertiary/aromatic N) is 2. The van der Waals surface area contributed by atoms with E-state index in [9.17, 15) is 13.2 Å². The summed E-state index contributed by atoms with van der Waals surface area (Å²) in [7, 11) is -3.78. The van der Waals surface area contributed by atoms with E-state index >= 15 is 0 Å². The summed E-state index contributed by atoms with van der Waals surface area (Å²) in [6.45, 7) is 4.81. The fraction of sp³-hybridized carbons (Fsp3) is 0.318. The summed E-state index contributed by atoms with van der Waals surface area (Å²) >= 11 is 9.60. The van der Waals surface area contributed by atoms with Crippen molar-refractivity contribution >= 4 is 50.2 Å². The molecule has 1 amide bonds. The van der Waals surface area contributed by atoms with Gasteiger partial charge in [-0.05, 0) is 53.1 Å². The number of rotatable bonds is 6. The molecule has 3 heterocycles. The lowest BCUT2D eigenvalue weighted by Gasteiger charge is -2.35. The van der Waals surface area contributed by atoms with Crippen molar-refractivity contribution < 1.29 is 13.2 Å². The maximum Gasteiger partial charge on any atom is 0.254 e. The first-order chi connectivity index (χ1) is 14.9. The van der Waals surface area contributed by atoms with Crippen molar-refractivity contribution in [1.82, 2.24) is 9.21 Å². The lowest BCUT2D eigenvalue weighted by molar-refractivity contribution is 0.0698. The van der Waals surface area contributed by atoms with Gasteiger partial charge in [0.2, 0.25) is 10.0 Å². The molecule has 0 aliphatic carbocycles. The molecule has 0 N–H and O–H groups in total. The van der Waals surface area contributed by atoms with Gasteiger partial charge in [-0.25, -0.2) is 8.42 Å². The lowest BCUT2D eigenvalue weighted by atomic mass is 9.97. The van der Waals surface area contributed by atoms with Gasteiger partial charge in [0, 0.05) is 35.0 Å². The Hall–Kier alpha value is -1.71. The average Bonchev–Trinajstić information content (AvgIpc) is 3.45. The second-order valence-electron chi connectivity index (χ2n) is 7.20. The van der Waals surface area contributed by atoms with Crippen molar-refractivity contribution in [3.8, 4) is 0 Å². The van der Waals surface area contributed by atoms with Crippen LogP contribution in [0.5, 0.6) is 0 Å². The van der Waals surface area contributed by atoms with Crippen LogP contribution in [0, 0.1) is 0 Å². The maximum absolute atomic E-state index is 13.6. The molecular weight excluding hydrogens is 472 g/mol. The molecule has 1 atom stereocenters. The zero-order valence-electron chi connectivity index (χ0n) is 17.2. The first kappa shape index (κ1) is 22.5. The van der Waals surface area contributed by atoms with E-state index in [1.165, 1.54) is 21.3 Å². The summed E-state index contributed by atoms with van der Waals surface area (Å²) < 4.78 is 27.5. The van der Waals surface area contributed by atoms with E-state index in [0.29, 0.717) is 25.2 Å². The van der Waals surface area contributed by atoms with Gasteiger partial charge in [0.05, 0.1) is 11.1 Å². The predicted molar refractivity (Wildman–Crippen MR) is 127 cm³/mol. The van der Waals surface area contributed by atoms with Crippen LogP contribution in [0.25, 0.3) is 0 Å². The fourth-order valence-corrected chi connectivity index (χ4v) is 7.71. The maximum atomic E-state index is 13.6. The molecule has 9 heteroatoms. The van der Waals surface area contributed by atoms with Crippen LogP contribution >= 0.6 is 34.3 Å². The summed E-state index contributed by atoms with van der Waals surface area (Å²) in [5.41, 5.74) is 1.48. The molecule has 1 aliphatic heterocycles. The molecule has 4 rings (SSSR count). The van der Waals surface area contributed by atoms with Crippen LogP contribution in [0.2, 0.25) is 5.02 Å². The SMILES string of the molecule is CCN(CC)S(=O)(=O)c1cc(C(=O)N2CCc3sccc3[C@H]2c2cccs2)ccc1Cl. The van der Waals surface area contributed by atoms with Crippen molar-refractivity contribution in [2.24, 2.45) is 0 Å². The Labute approximate surface area is 195 Å². The van der Waals surface area contributed by atoms with Gasteiger partial charge in [0.15, 0.2) is 0 Å². The first-order valence-corrected chi connectivity index (χ1v) is 13.7. The number of fused-ring (bicyclic) bond motifs is 1. The first-order valence-electron chi connectivity index (χ1n) is 10.1. The number of sulfonamides is 1. The summed E-state index contributed by atoms with van der Waals surface area (Å²) in [5.74, 6) is -0.192. The van der Waals surface area contributed by atoms with Gasteiger partial charge in [0.25, 0.3) is 5.91 Å². The summed E-state index contributed by atoms with van der Waals surface area (Å²) in [5, 5.41) is 4.20. The van der Waals surface area contributed by atoms with Crippen molar-refractivity contribution in [2.45, 2.75) is 31.2 Å². The molecule has 2 aromatic heterocycles. The number of benzene rings is 1. The van der Waals surface area contributed by atoms with Crippen molar-refractivity contribution in [3.05, 3.63) is 73.1 Å². The van der Waals surface area contributed by atoms with Crippen molar-refractivity contribution in [1.29, 1.82) is 0 Å². The molecule has 164 valence electrons. The Bertz CT molecular complexity index is 1180. The number of carbonyl (C=O) groups excluding carboxylic acids is 1. The number of amides is 1. The van der Waals surface area contributed by atoms with Gasteiger partial charge < -0.3 is 4.90 Å². The Kier molecular flexibility index (Phi) is 6.55. The third-order valence-corrected chi connectivity index (χ3v) is 9.99. The Balaban J connectivity index is 1.75. The lowest BCUT2D eigenvalue weighted by Crippen LogP contribution is -2.40. The topological polar surface area (TPSA) is 57.7 Å². The normalized spacial score (nSPS) is 16.5. The van der Waals surface area contributed by atoms with Crippen molar-refractivity contribution in [3.63, 3.8) is 0 Å². The predicted octanol–water partition coefficient (Wildman–Crippen LogP) is 5.28. The van der Waals surface area contributed by atoms with Gasteiger partial charge in [-0.15, -0.1) is 22.7 Å². The fourth-order valence-electron chi connectivity index (χ4n) is 3.99. The second-order valence-corrected chi connectivity index (χ2v) is 11.5. The summed E-state index contributed by atoms with van der Waals surface area (Å²) in [6, 6.07) is 10.5. The number of halogens is 1. The Morgan fingerprint density at radius 1 is 1.16 bits per heavy atom. The highest BCUT2D eigenvalue weighted by Crippen LogP contribution is 2.40. The average molecular weight is 495 g/mol. The van der Waals surface area contributed by atoms with Gasteiger partial charge in [-0.3, -0.25) is 4.79 Å². The van der Waals surface area contributed by atoms with E-state index in [2.05, 4.69) is 11.4 Å². The number of hydrogen-bond donors (Lipinski definition) is 0. The number of thiophene rings is 2. The second kappa shape index (κ2) is 9.03. The molecular formula is C22H23ClN2O3S3. The molecule has 1 aliphatic rings. The van der Waals surface area contributed by atoms with Crippen molar-refractivity contribution in [2.75, 3.05) is 19.6 Å². The van der Waals surface area contributed by atoms with E-state index in [0.717, 1.165) is 16.9 Å². The molecule has 31 heavy (non-hydrogen) atoms. The highest BCUT2D eigenvalue weighted by molar-refractivity contribution is 7.89. The molecule has 0 fully saturated rings. The minimum absolute atomic E-state index is 0.0235. The van der Waals surface area contributed by atoms with Gasteiger partial charge in [-0.1, -0.05) is 31.5 Å². The molecule has 0 spiro atoms. The standard InChI is InChI=1S/C22H23ClN2O3S3/c1-3-24(4-2)31(27,28)20-14-15(7-8-17(20)23)22(26)25-11-9-18-16(10-13-30-18)21(25)19-6-5-12-29-19/h5-8,10,12-14,21H,3-4,9,11H2,1-2H3/t21-/m0/s1. The third kappa shape index (κ3) is 4.07.